The first-order valence-corrected chi connectivity index (χ1v) is 14.5. The molecule has 2 fully saturated rings. The first-order chi connectivity index (χ1) is 21.4. The van der Waals surface area contributed by atoms with Crippen LogP contribution in [0, 0.1) is 40.3 Å². The molecule has 0 radical (unpaired) electrons. The van der Waals surface area contributed by atoms with E-state index in [1.807, 2.05) is 30.3 Å². The topological polar surface area (TPSA) is 115 Å². The van der Waals surface area contributed by atoms with Crippen molar-refractivity contribution in [1.29, 1.82) is 10.5 Å². The Kier molecular flexibility index (Phi) is 6.58. The van der Waals surface area contributed by atoms with Gasteiger partial charge in [0, 0.05) is 23.2 Å². The van der Waals surface area contributed by atoms with Gasteiger partial charge in [0.2, 0.25) is 0 Å². The van der Waals surface area contributed by atoms with Crippen molar-refractivity contribution in [2.24, 2.45) is 11.8 Å². The van der Waals surface area contributed by atoms with Crippen molar-refractivity contribution in [1.82, 2.24) is 20.0 Å². The zero-order valence-corrected chi connectivity index (χ0v) is 23.6. The predicted octanol–water partition coefficient (Wildman–Crippen LogP) is 7.34. The van der Waals surface area contributed by atoms with Gasteiger partial charge in [-0.1, -0.05) is 59.3 Å². The van der Waals surface area contributed by atoms with E-state index in [2.05, 4.69) is 38.1 Å². The van der Waals surface area contributed by atoms with Gasteiger partial charge in [-0.2, -0.15) is 10.5 Å². The Labute approximate surface area is 254 Å². The molecular formula is C33H26ClFN8. The number of aromatic nitrogens is 4. The fourth-order valence-corrected chi connectivity index (χ4v) is 5.78. The van der Waals surface area contributed by atoms with E-state index in [0.29, 0.717) is 44.1 Å². The monoisotopic (exact) mass is 589 g/mol. The lowest BCUT2D eigenvalue weighted by atomic mass is 9.99. The molecule has 2 aromatic heterocycles. The maximum Gasteiger partial charge on any atom is 0.123 e. The Bertz CT molecular complexity index is 1950. The van der Waals surface area contributed by atoms with Gasteiger partial charge in [0.05, 0.1) is 59.4 Å². The lowest BCUT2D eigenvalue weighted by molar-refractivity contribution is 0.610. The molecule has 3 aromatic carbocycles. The van der Waals surface area contributed by atoms with Crippen molar-refractivity contribution in [2.45, 2.75) is 37.4 Å². The minimum atomic E-state index is -1.65. The molecular weight excluding hydrogens is 563 g/mol. The van der Waals surface area contributed by atoms with Crippen LogP contribution in [0.15, 0.2) is 79.1 Å². The van der Waals surface area contributed by atoms with Gasteiger partial charge in [-0.05, 0) is 54.7 Å². The molecule has 8 nitrogen and oxygen atoms in total. The molecule has 2 saturated carbocycles. The van der Waals surface area contributed by atoms with E-state index in [1.54, 1.807) is 35.1 Å². The van der Waals surface area contributed by atoms with Crippen molar-refractivity contribution in [2.75, 3.05) is 10.6 Å². The summed E-state index contributed by atoms with van der Waals surface area (Å²) in [5.74, 6) is -0.433. The lowest BCUT2D eigenvalue weighted by Gasteiger charge is -2.23. The van der Waals surface area contributed by atoms with E-state index in [9.17, 15) is 16.3 Å². The third kappa shape index (κ3) is 5.36. The van der Waals surface area contributed by atoms with Gasteiger partial charge in [-0.15, -0.1) is 5.10 Å². The van der Waals surface area contributed by atoms with E-state index >= 15 is 0 Å². The quantitative estimate of drug-likeness (QED) is 0.185. The van der Waals surface area contributed by atoms with Crippen LogP contribution in [-0.4, -0.2) is 20.0 Å². The van der Waals surface area contributed by atoms with Gasteiger partial charge in [-0.3, -0.25) is 4.98 Å². The van der Waals surface area contributed by atoms with Crippen LogP contribution in [0.2, 0.25) is 5.02 Å². The third-order valence-electron chi connectivity index (χ3n) is 8.03. The summed E-state index contributed by atoms with van der Waals surface area (Å²) in [5, 5.41) is 36.1. The fourth-order valence-electron chi connectivity index (χ4n) is 5.51. The molecule has 7 rings (SSSR count). The number of nitrogens with zero attached hydrogens (tertiary/aromatic N) is 6. The van der Waals surface area contributed by atoms with E-state index < -0.39 is 11.8 Å². The molecule has 0 amide bonds. The molecule has 5 aromatic rings. The maximum atomic E-state index is 13.9. The summed E-state index contributed by atoms with van der Waals surface area (Å²) >= 11 is 6.80. The van der Waals surface area contributed by atoms with Crippen LogP contribution < -0.4 is 10.6 Å². The Morgan fingerprint density at radius 1 is 1.05 bits per heavy atom. The second kappa shape index (κ2) is 11.0. The molecule has 10 heteroatoms. The third-order valence-corrected chi connectivity index (χ3v) is 8.32. The van der Waals surface area contributed by atoms with E-state index in [-0.39, 0.29) is 23.9 Å². The van der Waals surface area contributed by atoms with Crippen molar-refractivity contribution in [3.8, 4) is 12.1 Å². The molecule has 0 aliphatic heterocycles. The minimum Gasteiger partial charge on any atom is -0.376 e. The number of pyridine rings is 1. The number of benzene rings is 3. The second-order valence-electron chi connectivity index (χ2n) is 11.0. The average Bonchev–Trinajstić information content (AvgIpc) is 3.98. The molecule has 2 N–H and O–H groups in total. The first kappa shape index (κ1) is 25.7. The highest BCUT2D eigenvalue weighted by Crippen LogP contribution is 2.49. The number of hydrogen-bond acceptors (Lipinski definition) is 7. The van der Waals surface area contributed by atoms with Gasteiger partial charge in [0.1, 0.15) is 17.6 Å². The molecule has 0 saturated heterocycles. The highest BCUT2D eigenvalue weighted by Gasteiger charge is 2.44. The number of hydrogen-bond donors (Lipinski definition) is 2. The van der Waals surface area contributed by atoms with Gasteiger partial charge in [0.25, 0.3) is 0 Å². The van der Waals surface area contributed by atoms with Crippen LogP contribution >= 0.6 is 11.6 Å². The van der Waals surface area contributed by atoms with E-state index in [0.717, 1.165) is 24.8 Å². The molecule has 0 bridgehead atoms. The molecule has 2 aliphatic carbocycles. The first-order valence-electron chi connectivity index (χ1n) is 14.6. The summed E-state index contributed by atoms with van der Waals surface area (Å²) in [5.41, 5.74) is 3.62. The molecule has 2 heterocycles. The Morgan fingerprint density at radius 2 is 1.84 bits per heavy atom. The SMILES string of the molecule is [2H][C@@](Nc1cc(Cl)c2ncc(C#N)c(NC(c3ccccc3)C3C[C@H]3C#N)c2c1)(c1ccc(F)cc1)c1cn(C2CC2)nn1. The second-order valence-corrected chi connectivity index (χ2v) is 11.4. The van der Waals surface area contributed by atoms with E-state index in [4.69, 9.17) is 11.6 Å². The van der Waals surface area contributed by atoms with Gasteiger partial charge in [-0.25, -0.2) is 9.07 Å². The smallest absolute Gasteiger partial charge is 0.123 e. The zero-order valence-electron chi connectivity index (χ0n) is 23.9. The van der Waals surface area contributed by atoms with Gasteiger partial charge in [0.15, 0.2) is 0 Å². The number of nitrogens with one attached hydrogen (secondary N) is 2. The normalized spacial score (nSPS) is 19.9. The van der Waals surface area contributed by atoms with Crippen LogP contribution in [0.1, 0.15) is 61.1 Å². The van der Waals surface area contributed by atoms with Crippen molar-refractivity contribution in [3.63, 3.8) is 0 Å². The van der Waals surface area contributed by atoms with E-state index in [1.165, 1.54) is 18.3 Å². The van der Waals surface area contributed by atoms with Crippen molar-refractivity contribution in [3.05, 3.63) is 112 Å². The lowest BCUT2D eigenvalue weighted by Crippen LogP contribution is -2.16. The average molecular weight is 590 g/mol. The van der Waals surface area contributed by atoms with Crippen LogP contribution in [0.25, 0.3) is 10.9 Å². The molecule has 212 valence electrons. The predicted molar refractivity (Wildman–Crippen MR) is 162 cm³/mol. The van der Waals surface area contributed by atoms with Crippen LogP contribution in [0.3, 0.4) is 0 Å². The Hall–Kier alpha value is -4.99. The number of nitriles is 2. The summed E-state index contributed by atoms with van der Waals surface area (Å²) in [6.45, 7) is 0. The van der Waals surface area contributed by atoms with Gasteiger partial charge < -0.3 is 10.6 Å². The van der Waals surface area contributed by atoms with Crippen LogP contribution in [0.5, 0.6) is 0 Å². The molecule has 2 aliphatic rings. The fraction of sp³-hybridized carbons (Fsp3) is 0.242. The standard InChI is InChI=1S/C33H26ClFN8/c34-28-14-24(39-32(20-6-8-23(35)9-7-20)29-18-43(42-41-29)25-10-11-25)13-27-31(22(16-37)17-38-33(27)28)40-30(26-12-21(26)15-36)19-4-2-1-3-5-19/h1-9,13-14,17-18,21,25-26,30,32,39H,10-12H2,(H,38,40)/t21-,26?,30?,32+/m0/s1/i32D. The number of halogens is 2. The number of anilines is 2. The summed E-state index contributed by atoms with van der Waals surface area (Å²) < 4.78 is 25.3. The minimum absolute atomic E-state index is 0.0717. The molecule has 0 spiro atoms. The highest BCUT2D eigenvalue weighted by molar-refractivity contribution is 6.35. The summed E-state index contributed by atoms with van der Waals surface area (Å²) in [4.78, 5) is 4.49. The summed E-state index contributed by atoms with van der Waals surface area (Å²) in [7, 11) is 0. The zero-order chi connectivity index (χ0) is 30.4. The molecule has 43 heavy (non-hydrogen) atoms. The van der Waals surface area contributed by atoms with Crippen molar-refractivity contribution >= 4 is 33.9 Å². The highest BCUT2D eigenvalue weighted by atomic mass is 35.5. The maximum absolute atomic E-state index is 13.9. The summed E-state index contributed by atoms with van der Waals surface area (Å²) in [6.07, 6.45) is 5.99. The number of rotatable bonds is 9. The largest absolute Gasteiger partial charge is 0.376 e. The molecule has 2 unspecified atom stereocenters. The Balaban J connectivity index is 1.33. The van der Waals surface area contributed by atoms with Crippen molar-refractivity contribution < 1.29 is 5.76 Å². The summed E-state index contributed by atoms with van der Waals surface area (Å²) in [6, 6.07) is 22.0. The Morgan fingerprint density at radius 3 is 2.53 bits per heavy atom. The van der Waals surface area contributed by atoms with Crippen LogP contribution in [-0.2, 0) is 0 Å². The molecule has 4 atom stereocenters. The van der Waals surface area contributed by atoms with Gasteiger partial charge >= 0.3 is 0 Å². The number of fused-ring (bicyclic) bond motifs is 1. The van der Waals surface area contributed by atoms with Crippen LogP contribution in [0.4, 0.5) is 15.8 Å².